The lowest BCUT2D eigenvalue weighted by Gasteiger charge is -2.24. The van der Waals surface area contributed by atoms with Gasteiger partial charge in [0.15, 0.2) is 6.61 Å². The van der Waals surface area contributed by atoms with Crippen LogP contribution in [0.2, 0.25) is 5.02 Å². The van der Waals surface area contributed by atoms with Gasteiger partial charge >= 0.3 is 5.97 Å². The maximum absolute atomic E-state index is 13.2. The van der Waals surface area contributed by atoms with Crippen LogP contribution in [-0.2, 0) is 9.53 Å². The van der Waals surface area contributed by atoms with E-state index in [4.69, 9.17) is 20.8 Å². The van der Waals surface area contributed by atoms with Crippen LogP contribution in [-0.4, -0.2) is 23.5 Å². The molecule has 7 nitrogen and oxygen atoms in total. The Morgan fingerprint density at radius 2 is 1.74 bits per heavy atom. The van der Waals surface area contributed by atoms with Gasteiger partial charge in [0.25, 0.3) is 5.91 Å². The maximum atomic E-state index is 13.2. The van der Waals surface area contributed by atoms with Crippen molar-refractivity contribution < 1.29 is 18.7 Å². The summed E-state index contributed by atoms with van der Waals surface area (Å²) >= 11 is 7.31. The Morgan fingerprint density at radius 3 is 2.47 bits per heavy atom. The Morgan fingerprint density at radius 1 is 1.00 bits per heavy atom. The average molecular weight is 542 g/mol. The van der Waals surface area contributed by atoms with Crippen molar-refractivity contribution in [1.29, 1.82) is 5.26 Å². The van der Waals surface area contributed by atoms with Crippen LogP contribution in [0.25, 0.3) is 5.70 Å². The monoisotopic (exact) mass is 541 g/mol. The van der Waals surface area contributed by atoms with Crippen molar-refractivity contribution in [1.82, 2.24) is 10.4 Å². The molecule has 0 saturated heterocycles. The number of hydrogen-bond acceptors (Lipinski definition) is 7. The molecule has 0 aliphatic carbocycles. The van der Waals surface area contributed by atoms with Crippen molar-refractivity contribution in [2.75, 3.05) is 6.61 Å². The lowest BCUT2D eigenvalue weighted by molar-refractivity contribution is -0.138. The van der Waals surface area contributed by atoms with Gasteiger partial charge in [0, 0.05) is 14.8 Å². The van der Waals surface area contributed by atoms with Gasteiger partial charge in [-0.2, -0.15) is 5.26 Å². The summed E-state index contributed by atoms with van der Waals surface area (Å²) in [6.45, 7) is -0.488. The van der Waals surface area contributed by atoms with Gasteiger partial charge < -0.3 is 9.15 Å². The fourth-order valence-corrected chi connectivity index (χ4v) is 5.05. The number of nitriles is 1. The Kier molecular flexibility index (Phi) is 7.50. The fraction of sp³-hybridized carbons (Fsp3) is 0.0690. The summed E-state index contributed by atoms with van der Waals surface area (Å²) in [7, 11) is 0. The van der Waals surface area contributed by atoms with Gasteiger partial charge in [-0.15, -0.1) is 0 Å². The zero-order valence-electron chi connectivity index (χ0n) is 19.8. The lowest BCUT2D eigenvalue weighted by Crippen LogP contribution is -2.42. The van der Waals surface area contributed by atoms with Gasteiger partial charge in [0.05, 0.1) is 23.1 Å². The van der Waals surface area contributed by atoms with Crippen LogP contribution >= 0.6 is 23.4 Å². The first kappa shape index (κ1) is 25.2. The molecule has 0 bridgehead atoms. The van der Waals surface area contributed by atoms with E-state index in [1.54, 1.807) is 60.7 Å². The minimum atomic E-state index is -0.643. The highest BCUT2D eigenvalue weighted by Gasteiger charge is 2.33. The molecule has 1 N–H and O–H groups in total. The van der Waals surface area contributed by atoms with Gasteiger partial charge in [0.1, 0.15) is 17.9 Å². The first-order valence-corrected chi connectivity index (χ1v) is 12.8. The van der Waals surface area contributed by atoms with Crippen molar-refractivity contribution in [3.05, 3.63) is 125 Å². The second-order valence-electron chi connectivity index (χ2n) is 8.21. The van der Waals surface area contributed by atoms with Crippen molar-refractivity contribution in [3.63, 3.8) is 0 Å². The van der Waals surface area contributed by atoms with Gasteiger partial charge in [-0.3, -0.25) is 10.2 Å². The number of hydrogen-bond donors (Lipinski definition) is 1. The third-order valence-corrected chi connectivity index (χ3v) is 7.17. The van der Waals surface area contributed by atoms with Gasteiger partial charge in [-0.1, -0.05) is 59.8 Å². The van der Waals surface area contributed by atoms with Crippen LogP contribution in [0.15, 0.2) is 111 Å². The molecule has 0 radical (unpaired) electrons. The number of benzene rings is 3. The van der Waals surface area contributed by atoms with Crippen molar-refractivity contribution in [2.24, 2.45) is 0 Å². The molecule has 0 fully saturated rings. The number of ether oxygens (including phenoxy) is 1. The molecule has 5 rings (SSSR count). The predicted octanol–water partition coefficient (Wildman–Crippen LogP) is 6.24. The van der Waals surface area contributed by atoms with Crippen molar-refractivity contribution in [3.8, 4) is 6.07 Å². The van der Waals surface area contributed by atoms with E-state index in [-0.39, 0.29) is 0 Å². The van der Waals surface area contributed by atoms with Crippen LogP contribution in [0.4, 0.5) is 0 Å². The van der Waals surface area contributed by atoms with Crippen LogP contribution in [0.3, 0.4) is 0 Å². The van der Waals surface area contributed by atoms with E-state index >= 15 is 0 Å². The van der Waals surface area contributed by atoms with E-state index in [9.17, 15) is 14.9 Å². The second kappa shape index (κ2) is 11.3. The molecular formula is C29H20ClN3O4S. The van der Waals surface area contributed by atoms with E-state index in [0.717, 1.165) is 10.5 Å². The number of amides is 1. The Labute approximate surface area is 228 Å². The molecule has 188 valence electrons. The summed E-state index contributed by atoms with van der Waals surface area (Å²) in [5.74, 6) is -0.547. The predicted molar refractivity (Wildman–Crippen MR) is 143 cm³/mol. The highest BCUT2D eigenvalue weighted by molar-refractivity contribution is 7.99. The number of esters is 1. The van der Waals surface area contributed by atoms with Crippen LogP contribution in [0.1, 0.15) is 33.3 Å². The molecule has 0 spiro atoms. The summed E-state index contributed by atoms with van der Waals surface area (Å²) in [6, 6.07) is 26.4. The molecule has 9 heteroatoms. The second-order valence-corrected chi connectivity index (χ2v) is 9.73. The zero-order chi connectivity index (χ0) is 26.5. The summed E-state index contributed by atoms with van der Waals surface area (Å²) in [4.78, 5) is 27.6. The molecule has 1 aliphatic rings. The van der Waals surface area contributed by atoms with Crippen LogP contribution < -0.4 is 5.43 Å². The molecule has 38 heavy (non-hydrogen) atoms. The topological polar surface area (TPSA) is 95.6 Å². The van der Waals surface area contributed by atoms with Gasteiger partial charge in [0.2, 0.25) is 0 Å². The van der Waals surface area contributed by atoms with E-state index in [1.807, 2.05) is 30.3 Å². The van der Waals surface area contributed by atoms with Crippen LogP contribution in [0.5, 0.6) is 0 Å². The molecule has 3 aromatic carbocycles. The molecule has 1 aromatic heterocycles. The number of furan rings is 1. The van der Waals surface area contributed by atoms with Crippen LogP contribution in [0, 0.1) is 11.3 Å². The number of carbonyl (C=O) groups excluding carboxylic acids is 2. The fourth-order valence-electron chi connectivity index (χ4n) is 3.91. The lowest BCUT2D eigenvalue weighted by atomic mass is 10.1. The maximum Gasteiger partial charge on any atom is 0.339 e. The molecule has 1 aliphatic heterocycles. The molecule has 4 aromatic rings. The average Bonchev–Trinajstić information content (AvgIpc) is 3.63. The number of hydrazine groups is 1. The standard InChI is InChI=1S/C29H20ClN3O4S/c30-21-13-11-19(12-14-21)23-16-24(25-8-5-15-36-25)33(32-23)28(34)18-37-29(35)22-7-2-4-10-27(22)38-26-9-3-1-6-20(26)17-31/h1-16,24,32H,18H2/t24-/m1/s1. The van der Waals surface area contributed by atoms with Crippen molar-refractivity contribution >= 4 is 40.9 Å². The summed E-state index contributed by atoms with van der Waals surface area (Å²) in [5.41, 5.74) is 5.44. The van der Waals surface area contributed by atoms with E-state index in [1.165, 1.54) is 23.0 Å². The number of nitrogens with one attached hydrogen (secondary N) is 1. The smallest absolute Gasteiger partial charge is 0.339 e. The molecule has 1 amide bonds. The normalized spacial score (nSPS) is 14.4. The first-order chi connectivity index (χ1) is 18.5. The van der Waals surface area contributed by atoms with Crippen molar-refractivity contribution in [2.45, 2.75) is 15.8 Å². The number of nitrogens with zero attached hydrogens (tertiary/aromatic N) is 2. The molecule has 2 heterocycles. The van der Waals surface area contributed by atoms with E-state index < -0.39 is 24.5 Å². The minimum absolute atomic E-state index is 0.301. The molecule has 1 atom stereocenters. The molecule has 0 unspecified atom stereocenters. The zero-order valence-corrected chi connectivity index (χ0v) is 21.4. The van der Waals surface area contributed by atoms with E-state index in [0.29, 0.717) is 32.5 Å². The summed E-state index contributed by atoms with van der Waals surface area (Å²) in [6.07, 6.45) is 3.39. The SMILES string of the molecule is N#Cc1ccccc1Sc1ccccc1C(=O)OCC(=O)N1NC(c2ccc(Cl)cc2)=C[C@@H]1c1ccco1. The Hall–Kier alpha value is -4.45. The number of carbonyl (C=O) groups is 2. The summed E-state index contributed by atoms with van der Waals surface area (Å²) in [5, 5.41) is 11.4. The van der Waals surface area contributed by atoms with Gasteiger partial charge in [-0.05, 0) is 60.2 Å². The van der Waals surface area contributed by atoms with Gasteiger partial charge in [-0.25, -0.2) is 9.80 Å². The molecular weight excluding hydrogens is 522 g/mol. The largest absolute Gasteiger partial charge is 0.467 e. The third kappa shape index (κ3) is 5.44. The Balaban J connectivity index is 1.30. The third-order valence-electron chi connectivity index (χ3n) is 5.76. The number of rotatable bonds is 7. The summed E-state index contributed by atoms with van der Waals surface area (Å²) < 4.78 is 11.0. The first-order valence-electron chi connectivity index (χ1n) is 11.6. The highest BCUT2D eigenvalue weighted by Crippen LogP contribution is 2.34. The highest BCUT2D eigenvalue weighted by atomic mass is 35.5. The Bertz CT molecular complexity index is 1540. The quantitative estimate of drug-likeness (QED) is 0.277. The minimum Gasteiger partial charge on any atom is -0.467 e. The van der Waals surface area contributed by atoms with E-state index in [2.05, 4.69) is 11.5 Å². The molecule has 0 saturated carbocycles. The number of halogens is 1.